The average Bonchev–Trinajstić information content (AvgIpc) is 2.25. The Bertz CT molecular complexity index is 420. The summed E-state index contributed by atoms with van der Waals surface area (Å²) in [5.41, 5.74) is 5.34. The summed E-state index contributed by atoms with van der Waals surface area (Å²) in [4.78, 5) is 30.1. The lowest BCUT2D eigenvalue weighted by molar-refractivity contribution is -0.124. The monoisotopic (exact) mass is 238 g/mol. The molecule has 0 atom stereocenters. The number of hydrogen-bond acceptors (Lipinski definition) is 6. The predicted molar refractivity (Wildman–Crippen MR) is 60.0 cm³/mol. The van der Waals surface area contributed by atoms with E-state index < -0.39 is 5.97 Å². The minimum Gasteiger partial charge on any atom is -0.451 e. The number of carbonyl (C=O) groups excluding carboxylic acids is 2. The molecule has 0 saturated heterocycles. The van der Waals surface area contributed by atoms with Gasteiger partial charge >= 0.3 is 5.97 Å². The molecule has 0 radical (unpaired) electrons. The van der Waals surface area contributed by atoms with Crippen LogP contribution in [0.2, 0.25) is 0 Å². The van der Waals surface area contributed by atoms with Gasteiger partial charge in [-0.1, -0.05) is 0 Å². The molecule has 7 nitrogen and oxygen atoms in total. The lowest BCUT2D eigenvalue weighted by Gasteiger charge is -2.08. The molecule has 0 bridgehead atoms. The molecular formula is C10H14N4O3. The van der Waals surface area contributed by atoms with Crippen molar-refractivity contribution < 1.29 is 14.3 Å². The second-order valence-corrected chi connectivity index (χ2v) is 3.59. The van der Waals surface area contributed by atoms with Gasteiger partial charge in [-0.05, 0) is 13.8 Å². The highest BCUT2D eigenvalue weighted by Gasteiger charge is 2.15. The molecule has 17 heavy (non-hydrogen) atoms. The van der Waals surface area contributed by atoms with Crippen LogP contribution in [0.25, 0.3) is 0 Å². The Morgan fingerprint density at radius 1 is 1.41 bits per heavy atom. The van der Waals surface area contributed by atoms with Crippen LogP contribution in [0.4, 0.5) is 5.82 Å². The van der Waals surface area contributed by atoms with E-state index in [0.29, 0.717) is 0 Å². The van der Waals surface area contributed by atoms with Gasteiger partial charge in [0, 0.05) is 18.4 Å². The van der Waals surface area contributed by atoms with Crippen molar-refractivity contribution in [3.8, 4) is 0 Å². The number of anilines is 1. The first kappa shape index (κ1) is 12.9. The van der Waals surface area contributed by atoms with Gasteiger partial charge in [0.2, 0.25) is 0 Å². The number of nitrogens with zero attached hydrogens (tertiary/aromatic N) is 2. The average molecular weight is 238 g/mol. The Hall–Kier alpha value is -2.18. The maximum atomic E-state index is 11.5. The Kier molecular flexibility index (Phi) is 4.38. The number of rotatable bonds is 4. The summed E-state index contributed by atoms with van der Waals surface area (Å²) in [6.45, 7) is 3.24. The normalized spacial score (nSPS) is 10.1. The molecule has 0 unspecified atom stereocenters. The van der Waals surface area contributed by atoms with Crippen LogP contribution in [0.5, 0.6) is 0 Å². The van der Waals surface area contributed by atoms with Gasteiger partial charge in [-0.3, -0.25) is 4.79 Å². The number of nitrogen functional groups attached to an aromatic ring is 1. The van der Waals surface area contributed by atoms with E-state index in [-0.39, 0.29) is 30.1 Å². The minimum absolute atomic E-state index is 0.0113. The molecule has 3 N–H and O–H groups in total. The van der Waals surface area contributed by atoms with Crippen molar-refractivity contribution in [3.63, 3.8) is 0 Å². The van der Waals surface area contributed by atoms with E-state index in [1.807, 2.05) is 0 Å². The molecule has 0 fully saturated rings. The van der Waals surface area contributed by atoms with E-state index in [4.69, 9.17) is 10.5 Å². The highest BCUT2D eigenvalue weighted by Crippen LogP contribution is 2.04. The van der Waals surface area contributed by atoms with Crippen molar-refractivity contribution in [1.29, 1.82) is 0 Å². The quantitative estimate of drug-likeness (QED) is 0.700. The first-order valence-electron chi connectivity index (χ1n) is 5.03. The second-order valence-electron chi connectivity index (χ2n) is 3.59. The standard InChI is InChI=1S/C10H14N4O3/c1-6(2)14-7(15)5-17-10(16)8-9(11)13-4-3-12-8/h3-4,6H,5H2,1-2H3,(H2,11,13)(H,14,15). The summed E-state index contributed by atoms with van der Waals surface area (Å²) in [5, 5.41) is 2.58. The molecule has 0 aliphatic rings. The lowest BCUT2D eigenvalue weighted by Crippen LogP contribution is -2.34. The lowest BCUT2D eigenvalue weighted by atomic mass is 10.4. The first-order chi connectivity index (χ1) is 8.00. The van der Waals surface area contributed by atoms with E-state index in [9.17, 15) is 9.59 Å². The summed E-state index contributed by atoms with van der Waals surface area (Å²) in [6.07, 6.45) is 2.68. The Balaban J connectivity index is 2.51. The number of nitrogens with two attached hydrogens (primary N) is 1. The van der Waals surface area contributed by atoms with Crippen LogP contribution in [0.1, 0.15) is 24.3 Å². The zero-order valence-electron chi connectivity index (χ0n) is 9.64. The first-order valence-corrected chi connectivity index (χ1v) is 5.03. The minimum atomic E-state index is -0.769. The number of esters is 1. The molecule has 1 amide bonds. The molecule has 1 rings (SSSR count). The largest absolute Gasteiger partial charge is 0.451 e. The Morgan fingerprint density at radius 2 is 2.06 bits per heavy atom. The number of hydrogen-bond donors (Lipinski definition) is 2. The van der Waals surface area contributed by atoms with Crippen molar-refractivity contribution in [3.05, 3.63) is 18.1 Å². The Labute approximate surface area is 98.4 Å². The summed E-state index contributed by atoms with van der Waals surface area (Å²) >= 11 is 0. The molecule has 0 saturated carbocycles. The molecule has 7 heteroatoms. The molecule has 92 valence electrons. The van der Waals surface area contributed by atoms with E-state index >= 15 is 0 Å². The van der Waals surface area contributed by atoms with E-state index in [2.05, 4.69) is 15.3 Å². The number of aromatic nitrogens is 2. The van der Waals surface area contributed by atoms with E-state index in [1.54, 1.807) is 13.8 Å². The van der Waals surface area contributed by atoms with E-state index in [1.165, 1.54) is 12.4 Å². The Morgan fingerprint density at radius 3 is 2.65 bits per heavy atom. The van der Waals surface area contributed by atoms with Gasteiger partial charge in [0.15, 0.2) is 18.1 Å². The highest BCUT2D eigenvalue weighted by atomic mass is 16.5. The fourth-order valence-electron chi connectivity index (χ4n) is 1.07. The molecular weight excluding hydrogens is 224 g/mol. The van der Waals surface area contributed by atoms with Gasteiger partial charge < -0.3 is 15.8 Å². The fourth-order valence-corrected chi connectivity index (χ4v) is 1.07. The fraction of sp³-hybridized carbons (Fsp3) is 0.400. The van der Waals surface area contributed by atoms with Gasteiger partial charge in [0.1, 0.15) is 0 Å². The maximum absolute atomic E-state index is 11.5. The van der Waals surface area contributed by atoms with Crippen LogP contribution in [0, 0.1) is 0 Å². The summed E-state index contributed by atoms with van der Waals surface area (Å²) in [7, 11) is 0. The van der Waals surface area contributed by atoms with Crippen LogP contribution >= 0.6 is 0 Å². The summed E-state index contributed by atoms with van der Waals surface area (Å²) in [6, 6.07) is -0.0113. The zero-order chi connectivity index (χ0) is 12.8. The highest BCUT2D eigenvalue weighted by molar-refractivity contribution is 5.93. The predicted octanol–water partition coefficient (Wildman–Crippen LogP) is -0.260. The van der Waals surface area contributed by atoms with Gasteiger partial charge in [-0.2, -0.15) is 0 Å². The van der Waals surface area contributed by atoms with Crippen LogP contribution in [-0.4, -0.2) is 34.5 Å². The van der Waals surface area contributed by atoms with Gasteiger partial charge in [0.25, 0.3) is 5.91 Å². The third-order valence-electron chi connectivity index (χ3n) is 1.70. The van der Waals surface area contributed by atoms with Crippen molar-refractivity contribution >= 4 is 17.7 Å². The summed E-state index contributed by atoms with van der Waals surface area (Å²) in [5.74, 6) is -1.17. The number of amides is 1. The maximum Gasteiger partial charge on any atom is 0.361 e. The number of carbonyl (C=O) groups is 2. The van der Waals surface area contributed by atoms with Crippen LogP contribution in [0.3, 0.4) is 0 Å². The van der Waals surface area contributed by atoms with Gasteiger partial charge in [-0.25, -0.2) is 14.8 Å². The molecule has 0 aliphatic carbocycles. The molecule has 1 aromatic heterocycles. The zero-order valence-corrected chi connectivity index (χ0v) is 9.64. The smallest absolute Gasteiger partial charge is 0.361 e. The third kappa shape index (κ3) is 4.06. The van der Waals surface area contributed by atoms with Crippen molar-refractivity contribution in [2.45, 2.75) is 19.9 Å². The van der Waals surface area contributed by atoms with Gasteiger partial charge in [0.05, 0.1) is 0 Å². The molecule has 1 heterocycles. The molecule has 0 aromatic carbocycles. The van der Waals surface area contributed by atoms with E-state index in [0.717, 1.165) is 0 Å². The van der Waals surface area contributed by atoms with Crippen LogP contribution in [-0.2, 0) is 9.53 Å². The van der Waals surface area contributed by atoms with Crippen molar-refractivity contribution in [2.75, 3.05) is 12.3 Å². The second kappa shape index (κ2) is 5.78. The summed E-state index contributed by atoms with van der Waals surface area (Å²) < 4.78 is 4.74. The molecule has 0 spiro atoms. The third-order valence-corrected chi connectivity index (χ3v) is 1.70. The molecule has 1 aromatic rings. The topological polar surface area (TPSA) is 107 Å². The number of ether oxygens (including phenoxy) is 1. The van der Waals surface area contributed by atoms with Crippen molar-refractivity contribution in [1.82, 2.24) is 15.3 Å². The SMILES string of the molecule is CC(C)NC(=O)COC(=O)c1nccnc1N. The van der Waals surface area contributed by atoms with Gasteiger partial charge in [-0.15, -0.1) is 0 Å². The van der Waals surface area contributed by atoms with Crippen molar-refractivity contribution in [2.24, 2.45) is 0 Å². The van der Waals surface area contributed by atoms with Crippen LogP contribution in [0.15, 0.2) is 12.4 Å². The van der Waals surface area contributed by atoms with Crippen LogP contribution < -0.4 is 11.1 Å². The molecule has 0 aliphatic heterocycles. The number of nitrogens with one attached hydrogen (secondary N) is 1.